The monoisotopic (exact) mass is 430 g/mol. The third-order valence-corrected chi connectivity index (χ3v) is 6.75. The van der Waals surface area contributed by atoms with Crippen LogP contribution < -0.4 is 5.32 Å². The molecule has 5 nitrogen and oxygen atoms in total. The predicted molar refractivity (Wildman–Crippen MR) is 107 cm³/mol. The Bertz CT molecular complexity index is 757. The lowest BCUT2D eigenvalue weighted by Gasteiger charge is -2.30. The number of hydrogen-bond donors (Lipinski definition) is 1. The van der Waals surface area contributed by atoms with Crippen molar-refractivity contribution in [1.29, 1.82) is 0 Å². The zero-order valence-corrected chi connectivity index (χ0v) is 17.2. The highest BCUT2D eigenvalue weighted by molar-refractivity contribution is 8.01. The van der Waals surface area contributed by atoms with E-state index in [1.165, 1.54) is 29.5 Å². The largest absolute Gasteiger partial charge is 0.342 e. The number of benzene rings is 1. The third kappa shape index (κ3) is 6.32. The van der Waals surface area contributed by atoms with E-state index in [4.69, 9.17) is 0 Å². The molecular weight excluding hydrogens is 410 g/mol. The number of thioether (sulfide) groups is 2. The molecule has 10 heteroatoms. The number of piperidine rings is 1. The van der Waals surface area contributed by atoms with E-state index in [1.54, 1.807) is 24.3 Å². The molecule has 1 N–H and O–H groups in total. The molecule has 0 bridgehead atoms. The summed E-state index contributed by atoms with van der Waals surface area (Å²) in [4.78, 5) is 14.8. The molecule has 1 fully saturated rings. The normalized spacial score (nSPS) is 17.3. The van der Waals surface area contributed by atoms with Crippen LogP contribution in [-0.4, -0.2) is 45.6 Å². The van der Waals surface area contributed by atoms with Crippen LogP contribution in [0, 0.1) is 5.92 Å². The first kappa shape index (κ1) is 20.3. The highest BCUT2D eigenvalue weighted by atomic mass is 32.2. The molecule has 0 radical (unpaired) electrons. The van der Waals surface area contributed by atoms with Gasteiger partial charge >= 0.3 is 0 Å². The van der Waals surface area contributed by atoms with Crippen LogP contribution in [0.1, 0.15) is 19.8 Å². The second-order valence-electron chi connectivity index (χ2n) is 6.28. The number of carbonyl (C=O) groups is 1. The molecule has 1 unspecified atom stereocenters. The number of aromatic nitrogens is 2. The van der Waals surface area contributed by atoms with Gasteiger partial charge in [-0.2, -0.15) is 8.78 Å². The lowest BCUT2D eigenvalue weighted by molar-refractivity contribution is -0.130. The number of anilines is 2. The Hall–Kier alpha value is -1.39. The number of rotatable bonds is 7. The summed E-state index contributed by atoms with van der Waals surface area (Å²) >= 11 is 3.27. The molecule has 3 rings (SSSR count). The van der Waals surface area contributed by atoms with Crippen LogP contribution in [-0.2, 0) is 4.79 Å². The summed E-state index contributed by atoms with van der Waals surface area (Å²) in [5.74, 6) is -1.36. The second-order valence-corrected chi connectivity index (χ2v) is 9.54. The van der Waals surface area contributed by atoms with E-state index in [1.807, 2.05) is 4.90 Å². The van der Waals surface area contributed by atoms with Gasteiger partial charge in [-0.1, -0.05) is 41.8 Å². The van der Waals surface area contributed by atoms with Gasteiger partial charge in [0.05, 0.1) is 5.75 Å². The summed E-state index contributed by atoms with van der Waals surface area (Å²) in [6.45, 7) is 3.85. The first-order chi connectivity index (χ1) is 13.0. The Morgan fingerprint density at radius 3 is 2.85 bits per heavy atom. The number of carbonyl (C=O) groups excluding carboxylic acids is 1. The Balaban J connectivity index is 1.49. The van der Waals surface area contributed by atoms with Crippen LogP contribution in [0.5, 0.6) is 0 Å². The fraction of sp³-hybridized carbons (Fsp3) is 0.471. The summed E-state index contributed by atoms with van der Waals surface area (Å²) < 4.78 is 25.4. The molecule has 1 aromatic carbocycles. The van der Waals surface area contributed by atoms with Crippen LogP contribution in [0.25, 0.3) is 0 Å². The number of alkyl halides is 2. The minimum absolute atomic E-state index is 0.142. The van der Waals surface area contributed by atoms with Crippen molar-refractivity contribution in [2.45, 2.75) is 34.8 Å². The molecule has 1 atom stereocenters. The van der Waals surface area contributed by atoms with E-state index in [0.29, 0.717) is 33.5 Å². The molecule has 1 amide bonds. The number of amides is 1. The zero-order chi connectivity index (χ0) is 19.2. The molecule has 0 saturated carbocycles. The fourth-order valence-corrected chi connectivity index (χ4v) is 4.97. The molecular formula is C17H20F2N4OS3. The number of nitrogens with zero attached hydrogens (tertiary/aromatic N) is 3. The lowest BCUT2D eigenvalue weighted by atomic mass is 10.0. The van der Waals surface area contributed by atoms with Crippen molar-refractivity contribution in [3.63, 3.8) is 0 Å². The van der Waals surface area contributed by atoms with Crippen molar-refractivity contribution in [2.24, 2.45) is 5.92 Å². The van der Waals surface area contributed by atoms with Crippen molar-refractivity contribution in [3.8, 4) is 0 Å². The molecule has 0 aliphatic carbocycles. The first-order valence-electron chi connectivity index (χ1n) is 8.55. The molecule has 1 saturated heterocycles. The number of nitrogens with one attached hydrogen (secondary N) is 1. The van der Waals surface area contributed by atoms with Crippen molar-refractivity contribution in [2.75, 3.05) is 24.2 Å². The van der Waals surface area contributed by atoms with Gasteiger partial charge in [0.15, 0.2) is 4.34 Å². The summed E-state index contributed by atoms with van der Waals surface area (Å²) in [6.07, 6.45) is 2.25. The summed E-state index contributed by atoms with van der Waals surface area (Å²) in [7, 11) is 0. The minimum atomic E-state index is -2.43. The van der Waals surface area contributed by atoms with E-state index in [9.17, 15) is 13.6 Å². The highest BCUT2D eigenvalue weighted by Crippen LogP contribution is 2.30. The number of likely N-dealkylation sites (tertiary alicyclic amines) is 1. The molecule has 1 aliphatic heterocycles. The Morgan fingerprint density at radius 2 is 2.15 bits per heavy atom. The maximum Gasteiger partial charge on any atom is 0.288 e. The topological polar surface area (TPSA) is 58.1 Å². The fourth-order valence-electron chi connectivity index (χ4n) is 2.79. The number of hydrogen-bond acceptors (Lipinski definition) is 7. The maximum atomic E-state index is 12.3. The molecule has 2 heterocycles. The minimum Gasteiger partial charge on any atom is -0.342 e. The molecule has 146 valence electrons. The molecule has 1 aliphatic rings. The average molecular weight is 431 g/mol. The van der Waals surface area contributed by atoms with Gasteiger partial charge in [-0.05, 0) is 43.0 Å². The van der Waals surface area contributed by atoms with Gasteiger partial charge in [0.25, 0.3) is 5.76 Å². The summed E-state index contributed by atoms with van der Waals surface area (Å²) in [6, 6.07) is 6.71. The van der Waals surface area contributed by atoms with Gasteiger partial charge in [-0.3, -0.25) is 4.79 Å². The maximum absolute atomic E-state index is 12.3. The molecule has 27 heavy (non-hydrogen) atoms. The van der Waals surface area contributed by atoms with E-state index in [0.717, 1.165) is 29.5 Å². The standard InChI is InChI=1S/C17H20F2N4OS3/c1-11-3-2-8-23(9-11)14(24)10-25-17-22-21-16(27-17)20-12-4-6-13(7-5-12)26-15(18)19/h4-7,11,15H,2-3,8-10H2,1H3,(H,20,21). The van der Waals surface area contributed by atoms with Crippen molar-refractivity contribution >= 4 is 51.6 Å². The van der Waals surface area contributed by atoms with Gasteiger partial charge in [0.2, 0.25) is 11.0 Å². The summed E-state index contributed by atoms with van der Waals surface area (Å²) in [5.41, 5.74) is 0.750. The van der Waals surface area contributed by atoms with Gasteiger partial charge in [0.1, 0.15) is 0 Å². The lowest BCUT2D eigenvalue weighted by Crippen LogP contribution is -2.40. The quantitative estimate of drug-likeness (QED) is 0.628. The van der Waals surface area contributed by atoms with Gasteiger partial charge in [-0.15, -0.1) is 10.2 Å². The Labute approximate surface area is 169 Å². The number of halogens is 2. The second kappa shape index (κ2) is 9.70. The van der Waals surface area contributed by atoms with Crippen molar-refractivity contribution in [3.05, 3.63) is 24.3 Å². The van der Waals surface area contributed by atoms with E-state index >= 15 is 0 Å². The predicted octanol–water partition coefficient (Wildman–Crippen LogP) is 4.95. The van der Waals surface area contributed by atoms with Crippen LogP contribution in [0.4, 0.5) is 19.6 Å². The zero-order valence-electron chi connectivity index (χ0n) is 14.7. The van der Waals surface area contributed by atoms with Crippen LogP contribution >= 0.6 is 34.9 Å². The van der Waals surface area contributed by atoms with Gasteiger partial charge in [0, 0.05) is 23.7 Å². The summed E-state index contributed by atoms with van der Waals surface area (Å²) in [5, 5.41) is 11.9. The smallest absolute Gasteiger partial charge is 0.288 e. The van der Waals surface area contributed by atoms with Crippen LogP contribution in [0.15, 0.2) is 33.5 Å². The van der Waals surface area contributed by atoms with Gasteiger partial charge < -0.3 is 10.2 Å². The SMILES string of the molecule is CC1CCCN(C(=O)CSc2nnc(Nc3ccc(SC(F)F)cc3)s2)C1. The van der Waals surface area contributed by atoms with E-state index < -0.39 is 5.76 Å². The molecule has 0 spiro atoms. The van der Waals surface area contributed by atoms with E-state index in [-0.39, 0.29) is 5.91 Å². The Kier molecular flexibility index (Phi) is 7.31. The third-order valence-electron chi connectivity index (χ3n) is 4.07. The molecule has 2 aromatic rings. The van der Waals surface area contributed by atoms with Crippen molar-refractivity contribution < 1.29 is 13.6 Å². The van der Waals surface area contributed by atoms with Crippen molar-refractivity contribution in [1.82, 2.24) is 15.1 Å². The van der Waals surface area contributed by atoms with Gasteiger partial charge in [-0.25, -0.2) is 0 Å². The average Bonchev–Trinajstić information content (AvgIpc) is 3.08. The first-order valence-corrected chi connectivity index (χ1v) is 11.2. The van der Waals surface area contributed by atoms with Crippen LogP contribution in [0.3, 0.4) is 0 Å². The molecule has 1 aromatic heterocycles. The highest BCUT2D eigenvalue weighted by Gasteiger charge is 2.21. The van der Waals surface area contributed by atoms with Crippen LogP contribution in [0.2, 0.25) is 0 Å². The van der Waals surface area contributed by atoms with E-state index in [2.05, 4.69) is 22.4 Å². The Morgan fingerprint density at radius 1 is 1.37 bits per heavy atom.